The van der Waals surface area contributed by atoms with Crippen LogP contribution < -0.4 is 5.73 Å². The van der Waals surface area contributed by atoms with Crippen LogP contribution in [-0.4, -0.2) is 35.7 Å². The summed E-state index contributed by atoms with van der Waals surface area (Å²) in [5.41, 5.74) is 5.39. The van der Waals surface area contributed by atoms with Gasteiger partial charge in [0, 0.05) is 19.6 Å². The first-order valence-electron chi connectivity index (χ1n) is 11.1. The Kier molecular flexibility index (Phi) is 13.8. The summed E-state index contributed by atoms with van der Waals surface area (Å²) in [5.74, 6) is 0. The zero-order valence-electron chi connectivity index (χ0n) is 16.8. The molecule has 2 amide bonds. The first-order chi connectivity index (χ1) is 12.3. The summed E-state index contributed by atoms with van der Waals surface area (Å²) >= 11 is 0. The number of nitrogens with two attached hydrogens (primary N) is 1. The van der Waals surface area contributed by atoms with Gasteiger partial charge >= 0.3 is 6.03 Å². The lowest BCUT2D eigenvalue weighted by Crippen LogP contribution is -2.40. The largest absolute Gasteiger partial charge is 0.350 e. The van der Waals surface area contributed by atoms with Crippen LogP contribution in [-0.2, 0) is 0 Å². The van der Waals surface area contributed by atoms with Gasteiger partial charge in [0.1, 0.15) is 0 Å². The van der Waals surface area contributed by atoms with E-state index in [2.05, 4.69) is 6.92 Å². The van der Waals surface area contributed by atoms with Gasteiger partial charge in [-0.25, -0.2) is 9.80 Å². The maximum atomic E-state index is 11.3. The van der Waals surface area contributed by atoms with E-state index in [4.69, 9.17) is 5.73 Å². The van der Waals surface area contributed by atoms with E-state index >= 15 is 0 Å². The number of primary amides is 1. The molecule has 0 spiro atoms. The molecule has 0 aromatic heterocycles. The summed E-state index contributed by atoms with van der Waals surface area (Å²) < 4.78 is 0. The number of rotatable bonds is 18. The van der Waals surface area contributed by atoms with Crippen molar-refractivity contribution in [3.8, 4) is 0 Å². The van der Waals surface area contributed by atoms with Crippen molar-refractivity contribution in [2.75, 3.05) is 19.6 Å². The summed E-state index contributed by atoms with van der Waals surface area (Å²) in [4.78, 5) is 11.3. The topological polar surface area (TPSA) is 49.3 Å². The van der Waals surface area contributed by atoms with Crippen LogP contribution in [0, 0.1) is 0 Å². The van der Waals surface area contributed by atoms with Gasteiger partial charge in [-0.2, -0.15) is 0 Å². The Hall–Kier alpha value is -0.770. The van der Waals surface area contributed by atoms with Crippen LogP contribution in [0.5, 0.6) is 0 Å². The van der Waals surface area contributed by atoms with E-state index in [9.17, 15) is 4.79 Å². The smallest absolute Gasteiger partial charge is 0.329 e. The predicted molar refractivity (Wildman–Crippen MR) is 107 cm³/mol. The number of amides is 2. The van der Waals surface area contributed by atoms with Crippen molar-refractivity contribution in [1.82, 2.24) is 10.0 Å². The highest BCUT2D eigenvalue weighted by Gasteiger charge is 2.27. The van der Waals surface area contributed by atoms with Crippen LogP contribution in [0.3, 0.4) is 0 Å². The predicted octanol–water partition coefficient (Wildman–Crippen LogP) is 5.86. The van der Waals surface area contributed by atoms with Crippen molar-refractivity contribution in [3.63, 3.8) is 0 Å². The monoisotopic (exact) mass is 353 g/mol. The third kappa shape index (κ3) is 13.1. The second kappa shape index (κ2) is 15.5. The highest BCUT2D eigenvalue weighted by Crippen LogP contribution is 2.15. The van der Waals surface area contributed by atoms with Crippen LogP contribution in [0.15, 0.2) is 0 Å². The molecule has 4 heteroatoms. The van der Waals surface area contributed by atoms with Gasteiger partial charge in [0.2, 0.25) is 0 Å². The van der Waals surface area contributed by atoms with Crippen molar-refractivity contribution in [2.24, 2.45) is 5.73 Å². The molecule has 0 atom stereocenters. The first-order valence-corrected chi connectivity index (χ1v) is 11.1. The fourth-order valence-electron chi connectivity index (χ4n) is 3.49. The number of hydrogen-bond acceptors (Lipinski definition) is 2. The maximum absolute atomic E-state index is 11.3. The Bertz CT molecular complexity index is 318. The molecule has 148 valence electrons. The molecule has 1 rings (SSSR count). The molecule has 0 radical (unpaired) electrons. The van der Waals surface area contributed by atoms with Gasteiger partial charge < -0.3 is 5.73 Å². The maximum Gasteiger partial charge on any atom is 0.329 e. The highest BCUT2D eigenvalue weighted by molar-refractivity contribution is 5.71. The second-order valence-electron chi connectivity index (χ2n) is 7.72. The average molecular weight is 354 g/mol. The fourth-order valence-corrected chi connectivity index (χ4v) is 3.49. The van der Waals surface area contributed by atoms with Crippen LogP contribution in [0.1, 0.15) is 110 Å². The minimum atomic E-state index is -0.293. The Balaban J connectivity index is 1.72. The van der Waals surface area contributed by atoms with E-state index < -0.39 is 0 Å². The second-order valence-corrected chi connectivity index (χ2v) is 7.72. The summed E-state index contributed by atoms with van der Waals surface area (Å²) in [6, 6.07) is -0.293. The van der Waals surface area contributed by atoms with E-state index in [1.54, 1.807) is 5.01 Å². The number of unbranched alkanes of at least 4 members (excludes halogenated alkanes) is 15. The van der Waals surface area contributed by atoms with Gasteiger partial charge in [0.15, 0.2) is 0 Å². The molecule has 0 aliphatic carbocycles. The normalized spacial score (nSPS) is 14.0. The minimum absolute atomic E-state index is 0.293. The summed E-state index contributed by atoms with van der Waals surface area (Å²) in [5, 5.41) is 3.73. The number of carbonyl (C=O) groups is 1. The number of carbonyl (C=O) groups excluding carboxylic acids is 1. The Labute approximate surface area is 156 Å². The van der Waals surface area contributed by atoms with E-state index in [-0.39, 0.29) is 6.03 Å². The fraction of sp³-hybridized carbons (Fsp3) is 0.952. The molecule has 1 saturated heterocycles. The summed E-state index contributed by atoms with van der Waals surface area (Å²) in [6.07, 6.45) is 22.0. The minimum Gasteiger partial charge on any atom is -0.350 e. The third-order valence-corrected chi connectivity index (χ3v) is 5.24. The molecule has 1 aliphatic rings. The van der Waals surface area contributed by atoms with Crippen LogP contribution in [0.2, 0.25) is 0 Å². The summed E-state index contributed by atoms with van der Waals surface area (Å²) in [7, 11) is 0. The number of hydrazine groups is 1. The zero-order chi connectivity index (χ0) is 18.2. The molecule has 1 aliphatic heterocycles. The van der Waals surface area contributed by atoms with Gasteiger partial charge in [0.25, 0.3) is 0 Å². The number of nitrogens with zero attached hydrogens (tertiary/aromatic N) is 2. The lowest BCUT2D eigenvalue weighted by Gasteiger charge is -2.20. The molecular formula is C21H43N3O. The molecular weight excluding hydrogens is 310 g/mol. The van der Waals surface area contributed by atoms with E-state index in [0.29, 0.717) is 0 Å². The van der Waals surface area contributed by atoms with Gasteiger partial charge in [-0.05, 0) is 6.42 Å². The summed E-state index contributed by atoms with van der Waals surface area (Å²) in [6.45, 7) is 5.06. The van der Waals surface area contributed by atoms with E-state index in [1.165, 1.54) is 96.3 Å². The van der Waals surface area contributed by atoms with Crippen molar-refractivity contribution < 1.29 is 4.79 Å². The van der Waals surface area contributed by atoms with Gasteiger partial charge in [-0.15, -0.1) is 0 Å². The lowest BCUT2D eigenvalue weighted by atomic mass is 10.0. The van der Waals surface area contributed by atoms with Gasteiger partial charge in [0.05, 0.1) is 0 Å². The SMILES string of the molecule is CCCCCCCCCCCCCCCCCCN(C(N)=O)N1CC1. The van der Waals surface area contributed by atoms with Crippen molar-refractivity contribution >= 4 is 6.03 Å². The molecule has 2 N–H and O–H groups in total. The van der Waals surface area contributed by atoms with E-state index in [0.717, 1.165) is 26.1 Å². The molecule has 0 aromatic rings. The molecule has 0 saturated carbocycles. The Morgan fingerprint density at radius 2 is 1.08 bits per heavy atom. The van der Waals surface area contributed by atoms with Crippen molar-refractivity contribution in [1.29, 1.82) is 0 Å². The van der Waals surface area contributed by atoms with E-state index in [1.807, 2.05) is 5.01 Å². The molecule has 0 aromatic carbocycles. The number of urea groups is 1. The molecule has 25 heavy (non-hydrogen) atoms. The molecule has 1 heterocycles. The molecule has 1 fully saturated rings. The van der Waals surface area contributed by atoms with Crippen molar-refractivity contribution in [2.45, 2.75) is 110 Å². The van der Waals surface area contributed by atoms with Gasteiger partial charge in [-0.3, -0.25) is 5.01 Å². The van der Waals surface area contributed by atoms with Crippen LogP contribution >= 0.6 is 0 Å². The molecule has 4 nitrogen and oxygen atoms in total. The van der Waals surface area contributed by atoms with Crippen LogP contribution in [0.4, 0.5) is 4.79 Å². The lowest BCUT2D eigenvalue weighted by molar-refractivity contribution is 0.119. The third-order valence-electron chi connectivity index (χ3n) is 5.24. The Morgan fingerprint density at radius 3 is 1.40 bits per heavy atom. The molecule has 0 unspecified atom stereocenters. The zero-order valence-corrected chi connectivity index (χ0v) is 16.8. The average Bonchev–Trinajstić information content (AvgIpc) is 3.42. The highest BCUT2D eigenvalue weighted by atomic mass is 16.2. The standard InChI is InChI=1S/C21H43N3O/c1-2-3-4-5-6-7-8-9-10-11-12-13-14-15-16-17-18-24(21(22)25)23-19-20-23/h2-20H2,1H3,(H2,22,25). The Morgan fingerprint density at radius 1 is 0.720 bits per heavy atom. The number of hydrogen-bond donors (Lipinski definition) is 1. The van der Waals surface area contributed by atoms with Crippen molar-refractivity contribution in [3.05, 3.63) is 0 Å². The van der Waals surface area contributed by atoms with Crippen LogP contribution in [0.25, 0.3) is 0 Å². The quantitative estimate of drug-likeness (QED) is 0.248. The van der Waals surface area contributed by atoms with Gasteiger partial charge in [-0.1, -0.05) is 103 Å². The molecule has 0 bridgehead atoms. The first kappa shape index (κ1) is 22.3.